The highest BCUT2D eigenvalue weighted by Crippen LogP contribution is 2.48. The first-order valence-electron chi connectivity index (χ1n) is 10.6. The summed E-state index contributed by atoms with van der Waals surface area (Å²) in [5.41, 5.74) is 2.73. The van der Waals surface area contributed by atoms with Gasteiger partial charge in [-0.05, 0) is 57.1 Å². The summed E-state index contributed by atoms with van der Waals surface area (Å²) < 4.78 is 16.8. The predicted octanol–water partition coefficient (Wildman–Crippen LogP) is 4.74. The second kappa shape index (κ2) is 7.73. The van der Waals surface area contributed by atoms with Crippen LogP contribution in [0.15, 0.2) is 28.4 Å². The Balaban J connectivity index is 1.60. The van der Waals surface area contributed by atoms with Gasteiger partial charge in [-0.3, -0.25) is 14.6 Å². The molecule has 5 rings (SSSR count). The van der Waals surface area contributed by atoms with Crippen LogP contribution in [-0.2, 0) is 14.3 Å². The lowest BCUT2D eigenvalue weighted by Gasteiger charge is -2.35. The van der Waals surface area contributed by atoms with Crippen LogP contribution in [-0.4, -0.2) is 30.4 Å². The van der Waals surface area contributed by atoms with Gasteiger partial charge < -0.3 is 14.2 Å². The van der Waals surface area contributed by atoms with E-state index in [9.17, 15) is 9.59 Å². The maximum absolute atomic E-state index is 13.3. The maximum Gasteiger partial charge on any atom is 0.315 e. The summed E-state index contributed by atoms with van der Waals surface area (Å²) in [4.78, 5) is 31.0. The van der Waals surface area contributed by atoms with Crippen molar-refractivity contribution >= 4 is 29.1 Å². The molecule has 0 aromatic heterocycles. The van der Waals surface area contributed by atoms with Crippen LogP contribution in [0.1, 0.15) is 63.4 Å². The first kappa shape index (κ1) is 19.6. The minimum absolute atomic E-state index is 0.0323. The normalized spacial score (nSPS) is 25.9. The Bertz CT molecular complexity index is 976. The molecule has 0 amide bonds. The summed E-state index contributed by atoms with van der Waals surface area (Å²) in [5, 5.41) is 0.447. The number of esters is 1. The average Bonchev–Trinajstić information content (AvgIpc) is 3.38. The van der Waals surface area contributed by atoms with Gasteiger partial charge in [0.05, 0.1) is 0 Å². The number of fused-ring (bicyclic) bond motifs is 1. The zero-order valence-electron chi connectivity index (χ0n) is 16.9. The molecule has 1 unspecified atom stereocenters. The fourth-order valence-electron chi connectivity index (χ4n) is 5.06. The van der Waals surface area contributed by atoms with Gasteiger partial charge in [0.15, 0.2) is 17.3 Å². The highest BCUT2D eigenvalue weighted by atomic mass is 35.5. The molecule has 7 heteroatoms. The number of allylic oxidation sites excluding steroid dienone is 2. The van der Waals surface area contributed by atoms with E-state index < -0.39 is 11.8 Å². The van der Waals surface area contributed by atoms with Crippen molar-refractivity contribution in [3.8, 4) is 11.5 Å². The van der Waals surface area contributed by atoms with Crippen LogP contribution in [0.3, 0.4) is 0 Å². The van der Waals surface area contributed by atoms with Gasteiger partial charge in [-0.15, -0.1) is 0 Å². The minimum Gasteiger partial charge on any atom is -0.462 e. The molecule has 0 saturated heterocycles. The number of hydrogen-bond acceptors (Lipinski definition) is 6. The van der Waals surface area contributed by atoms with Crippen LogP contribution in [0.4, 0.5) is 0 Å². The fourth-order valence-corrected chi connectivity index (χ4v) is 5.33. The predicted molar refractivity (Wildman–Crippen MR) is 111 cm³/mol. The number of benzene rings is 1. The number of halogens is 1. The van der Waals surface area contributed by atoms with Crippen LogP contribution < -0.4 is 9.47 Å². The third-order valence-electron chi connectivity index (χ3n) is 6.50. The van der Waals surface area contributed by atoms with Gasteiger partial charge in [-0.25, -0.2) is 0 Å². The Morgan fingerprint density at radius 3 is 2.63 bits per heavy atom. The molecule has 6 nitrogen and oxygen atoms in total. The van der Waals surface area contributed by atoms with Gasteiger partial charge in [0.2, 0.25) is 6.79 Å². The highest BCUT2D eigenvalue weighted by Gasteiger charge is 2.45. The Labute approximate surface area is 180 Å². The molecule has 1 saturated carbocycles. The molecule has 0 bridgehead atoms. The molecular weight excluding hydrogens is 406 g/mol. The molecule has 4 aliphatic rings. The average molecular weight is 430 g/mol. The van der Waals surface area contributed by atoms with E-state index in [0.29, 0.717) is 39.8 Å². The van der Waals surface area contributed by atoms with E-state index in [0.717, 1.165) is 44.2 Å². The lowest BCUT2D eigenvalue weighted by molar-refractivity contribution is -0.151. The van der Waals surface area contributed by atoms with E-state index in [1.165, 1.54) is 0 Å². The van der Waals surface area contributed by atoms with Crippen LogP contribution in [0.2, 0.25) is 5.02 Å². The van der Waals surface area contributed by atoms with E-state index in [1.54, 1.807) is 12.1 Å². The Morgan fingerprint density at radius 1 is 1.13 bits per heavy atom. The summed E-state index contributed by atoms with van der Waals surface area (Å²) in [6.07, 6.45) is 5.80. The molecule has 0 spiro atoms. The number of hydrogen-bond donors (Lipinski definition) is 0. The molecule has 2 aliphatic heterocycles. The lowest BCUT2D eigenvalue weighted by atomic mass is 9.71. The first-order valence-corrected chi connectivity index (χ1v) is 11.0. The first-order chi connectivity index (χ1) is 14.5. The zero-order chi connectivity index (χ0) is 20.8. The van der Waals surface area contributed by atoms with Crippen molar-refractivity contribution in [1.82, 2.24) is 0 Å². The molecule has 2 heterocycles. The minimum atomic E-state index is -0.677. The smallest absolute Gasteiger partial charge is 0.315 e. The van der Waals surface area contributed by atoms with E-state index in [2.05, 4.69) is 4.99 Å². The van der Waals surface area contributed by atoms with Crippen LogP contribution in [0, 0.1) is 5.92 Å². The second-order valence-electron chi connectivity index (χ2n) is 8.42. The molecule has 2 aliphatic carbocycles. The van der Waals surface area contributed by atoms with Crippen LogP contribution in [0.5, 0.6) is 11.5 Å². The molecule has 158 valence electrons. The lowest BCUT2D eigenvalue weighted by Crippen LogP contribution is -2.38. The molecule has 1 aromatic rings. The van der Waals surface area contributed by atoms with Crippen molar-refractivity contribution in [2.24, 2.45) is 10.9 Å². The van der Waals surface area contributed by atoms with Gasteiger partial charge in [-0.1, -0.05) is 11.6 Å². The van der Waals surface area contributed by atoms with Gasteiger partial charge in [0.1, 0.15) is 12.0 Å². The van der Waals surface area contributed by atoms with Crippen molar-refractivity contribution < 1.29 is 23.8 Å². The van der Waals surface area contributed by atoms with E-state index in [4.69, 9.17) is 25.8 Å². The fraction of sp³-hybridized carbons (Fsp3) is 0.522. The second-order valence-corrected chi connectivity index (χ2v) is 8.82. The largest absolute Gasteiger partial charge is 0.462 e. The van der Waals surface area contributed by atoms with E-state index >= 15 is 0 Å². The van der Waals surface area contributed by atoms with Crippen LogP contribution in [0.25, 0.3) is 0 Å². The number of aliphatic imine (C=N–C) groups is 1. The molecule has 0 radical (unpaired) electrons. The van der Waals surface area contributed by atoms with E-state index in [-0.39, 0.29) is 24.6 Å². The number of Topliss-reactive ketones (excluding diaryl/α,β-unsaturated/α-hetero) is 1. The van der Waals surface area contributed by atoms with Gasteiger partial charge in [0.25, 0.3) is 0 Å². The highest BCUT2D eigenvalue weighted by molar-refractivity contribution is 6.32. The summed E-state index contributed by atoms with van der Waals surface area (Å²) >= 11 is 6.65. The third kappa shape index (κ3) is 3.31. The molecule has 0 N–H and O–H groups in total. The molecule has 1 aromatic carbocycles. The number of nitrogens with zero attached hydrogens (tertiary/aromatic N) is 1. The Kier molecular flexibility index (Phi) is 5.05. The SMILES string of the molecule is CC1=NC2=C(C(=O)CCC2)[C@@H](c2cc3c(cc2Cl)OCO3)C1C(=O)OC1CCCC1. The summed E-state index contributed by atoms with van der Waals surface area (Å²) in [5.74, 6) is -0.357. The van der Waals surface area contributed by atoms with Crippen LogP contribution >= 0.6 is 11.6 Å². The summed E-state index contributed by atoms with van der Waals surface area (Å²) in [6, 6.07) is 3.50. The van der Waals surface area contributed by atoms with Crippen molar-refractivity contribution in [2.45, 2.75) is 63.9 Å². The van der Waals surface area contributed by atoms with Crippen molar-refractivity contribution in [2.75, 3.05) is 6.79 Å². The summed E-state index contributed by atoms with van der Waals surface area (Å²) in [6.45, 7) is 1.97. The van der Waals surface area contributed by atoms with Crippen molar-refractivity contribution in [3.63, 3.8) is 0 Å². The molecular formula is C23H24ClNO5. The van der Waals surface area contributed by atoms with Gasteiger partial charge in [0, 0.05) is 40.4 Å². The van der Waals surface area contributed by atoms with Gasteiger partial charge in [-0.2, -0.15) is 0 Å². The molecule has 30 heavy (non-hydrogen) atoms. The topological polar surface area (TPSA) is 74.2 Å². The standard InChI is InChI=1S/C23H24ClNO5/c1-12-20(23(27)30-13-5-2-3-6-13)21(22-16(25-12)7-4-8-17(22)26)14-9-18-19(10-15(14)24)29-11-28-18/h9-10,13,20-21H,2-8,11H2,1H3/t20?,21-/m0/s1. The van der Waals surface area contributed by atoms with Crippen molar-refractivity contribution in [3.05, 3.63) is 34.0 Å². The maximum atomic E-state index is 13.3. The van der Waals surface area contributed by atoms with Gasteiger partial charge >= 0.3 is 5.97 Å². The van der Waals surface area contributed by atoms with E-state index in [1.807, 2.05) is 6.92 Å². The Hall–Kier alpha value is -2.34. The zero-order valence-corrected chi connectivity index (χ0v) is 17.7. The number of ketones is 1. The summed E-state index contributed by atoms with van der Waals surface area (Å²) in [7, 11) is 0. The molecule has 1 fully saturated rings. The van der Waals surface area contributed by atoms with Crippen molar-refractivity contribution in [1.29, 1.82) is 0 Å². The molecule has 2 atom stereocenters. The Morgan fingerprint density at radius 2 is 1.87 bits per heavy atom. The number of ether oxygens (including phenoxy) is 3. The number of rotatable bonds is 3. The number of carbonyl (C=O) groups is 2. The third-order valence-corrected chi connectivity index (χ3v) is 6.83. The number of carbonyl (C=O) groups excluding carboxylic acids is 2. The monoisotopic (exact) mass is 429 g/mol. The quantitative estimate of drug-likeness (QED) is 0.649.